The van der Waals surface area contributed by atoms with Crippen LogP contribution in [0.2, 0.25) is 0 Å². The Morgan fingerprint density at radius 1 is 1.13 bits per heavy atom. The molecule has 2 aromatic carbocycles. The first-order chi connectivity index (χ1) is 15.1. The molecule has 0 bridgehead atoms. The lowest BCUT2D eigenvalue weighted by Gasteiger charge is -2.08. The maximum absolute atomic E-state index is 13.1. The van der Waals surface area contributed by atoms with E-state index in [0.717, 1.165) is 50.0 Å². The zero-order chi connectivity index (χ0) is 21.4. The monoisotopic (exact) mass is 431 g/mol. The second-order valence-corrected chi connectivity index (χ2v) is 9.18. The third-order valence-electron chi connectivity index (χ3n) is 6.18. The Hall–Kier alpha value is -2.99. The molecular weight excluding hydrogens is 406 g/mol. The Morgan fingerprint density at radius 3 is 2.87 bits per heavy atom. The molecule has 158 valence electrons. The fourth-order valence-electron chi connectivity index (χ4n) is 4.53. The summed E-state index contributed by atoms with van der Waals surface area (Å²) in [7, 11) is 0. The van der Waals surface area contributed by atoms with Gasteiger partial charge in [-0.2, -0.15) is 0 Å². The van der Waals surface area contributed by atoms with Crippen LogP contribution in [0.4, 0.5) is 0 Å². The van der Waals surface area contributed by atoms with Crippen molar-refractivity contribution < 1.29 is 4.79 Å². The third-order valence-corrected chi connectivity index (χ3v) is 7.36. The number of nitrogens with zero attached hydrogens (tertiary/aromatic N) is 2. The van der Waals surface area contributed by atoms with E-state index in [9.17, 15) is 9.59 Å². The largest absolute Gasteiger partial charge is 0.351 e. The highest BCUT2D eigenvalue weighted by molar-refractivity contribution is 7.20. The lowest BCUT2D eigenvalue weighted by Crippen LogP contribution is -2.26. The van der Waals surface area contributed by atoms with E-state index in [4.69, 9.17) is 4.98 Å². The van der Waals surface area contributed by atoms with Gasteiger partial charge in [0.05, 0.1) is 10.3 Å². The fourth-order valence-corrected chi connectivity index (χ4v) is 5.63. The van der Waals surface area contributed by atoms with Crippen molar-refractivity contribution in [3.63, 3.8) is 0 Å². The molecule has 1 N–H and O–H groups in total. The van der Waals surface area contributed by atoms with Crippen molar-refractivity contribution >= 4 is 38.2 Å². The quantitative estimate of drug-likeness (QED) is 0.513. The van der Waals surface area contributed by atoms with Crippen LogP contribution in [0.1, 0.15) is 45.9 Å². The minimum atomic E-state index is -0.125. The lowest BCUT2D eigenvalue weighted by molar-refractivity contribution is 0.0957. The van der Waals surface area contributed by atoms with Gasteiger partial charge in [-0.3, -0.25) is 14.2 Å². The maximum Gasteiger partial charge on any atom is 0.262 e. The minimum Gasteiger partial charge on any atom is -0.351 e. The number of carbonyl (C=O) groups is 1. The predicted octanol–water partition coefficient (Wildman–Crippen LogP) is 4.62. The molecule has 0 unspecified atom stereocenters. The van der Waals surface area contributed by atoms with Crippen molar-refractivity contribution in [3.05, 3.63) is 74.6 Å². The molecule has 1 aliphatic heterocycles. The summed E-state index contributed by atoms with van der Waals surface area (Å²) in [4.78, 5) is 32.1. The molecule has 0 atom stereocenters. The molecule has 4 aromatic rings. The smallest absolute Gasteiger partial charge is 0.262 e. The van der Waals surface area contributed by atoms with Crippen LogP contribution in [0.25, 0.3) is 21.0 Å². The van der Waals surface area contributed by atoms with E-state index in [1.807, 2.05) is 23.6 Å². The number of carbonyl (C=O) groups excluding carboxylic acids is 1. The second kappa shape index (κ2) is 8.27. The standard InChI is InChI=1S/C25H25N3O2S/c1-16-21-24(27-20-12-3-2-6-15-28(20)25(21)30)31-22(16)23(29)26-14-13-18-10-7-9-17-8-4-5-11-19(17)18/h4-5,7-11H,2-3,6,12-15H2,1H3,(H,26,29). The van der Waals surface area contributed by atoms with Gasteiger partial charge in [-0.25, -0.2) is 4.98 Å². The highest BCUT2D eigenvalue weighted by Crippen LogP contribution is 2.28. The van der Waals surface area contributed by atoms with Gasteiger partial charge in [0.25, 0.3) is 11.5 Å². The third kappa shape index (κ3) is 3.65. The highest BCUT2D eigenvalue weighted by Gasteiger charge is 2.22. The van der Waals surface area contributed by atoms with Crippen molar-refractivity contribution in [3.8, 4) is 0 Å². The van der Waals surface area contributed by atoms with E-state index in [0.29, 0.717) is 21.6 Å². The molecular formula is C25H25N3O2S. The normalized spacial score (nSPS) is 13.8. The van der Waals surface area contributed by atoms with E-state index in [1.165, 1.54) is 27.7 Å². The van der Waals surface area contributed by atoms with Crippen molar-refractivity contribution in [2.24, 2.45) is 0 Å². The molecule has 0 radical (unpaired) electrons. The first kappa shape index (κ1) is 19.9. The molecule has 6 heteroatoms. The molecule has 2 aromatic heterocycles. The maximum atomic E-state index is 13.1. The molecule has 31 heavy (non-hydrogen) atoms. The van der Waals surface area contributed by atoms with E-state index in [1.54, 1.807) is 0 Å². The molecule has 0 spiro atoms. The summed E-state index contributed by atoms with van der Waals surface area (Å²) in [6.07, 6.45) is 4.77. The number of rotatable bonds is 4. The van der Waals surface area contributed by atoms with Gasteiger partial charge in [0.1, 0.15) is 10.7 Å². The first-order valence-electron chi connectivity index (χ1n) is 10.9. The molecule has 1 aliphatic rings. The number of amides is 1. The number of fused-ring (bicyclic) bond motifs is 3. The Balaban J connectivity index is 1.38. The van der Waals surface area contributed by atoms with Gasteiger partial charge in [0, 0.05) is 19.5 Å². The number of aromatic nitrogens is 2. The van der Waals surface area contributed by atoms with E-state index >= 15 is 0 Å². The van der Waals surface area contributed by atoms with Crippen LogP contribution in [0, 0.1) is 6.92 Å². The molecule has 0 fully saturated rings. The zero-order valence-electron chi connectivity index (χ0n) is 17.6. The Bertz CT molecular complexity index is 1350. The van der Waals surface area contributed by atoms with Gasteiger partial charge < -0.3 is 5.32 Å². The average molecular weight is 432 g/mol. The van der Waals surface area contributed by atoms with Crippen molar-refractivity contribution in [1.82, 2.24) is 14.9 Å². The number of hydrogen-bond acceptors (Lipinski definition) is 4. The Morgan fingerprint density at radius 2 is 1.97 bits per heavy atom. The number of aryl methyl sites for hydroxylation is 2. The van der Waals surface area contributed by atoms with Crippen molar-refractivity contribution in [2.45, 2.75) is 45.6 Å². The summed E-state index contributed by atoms with van der Waals surface area (Å²) in [6, 6.07) is 14.6. The Kier molecular flexibility index (Phi) is 5.32. The van der Waals surface area contributed by atoms with Crippen LogP contribution < -0.4 is 10.9 Å². The molecule has 5 rings (SSSR count). The van der Waals surface area contributed by atoms with Gasteiger partial charge in [0.2, 0.25) is 0 Å². The molecule has 5 nitrogen and oxygen atoms in total. The molecule has 0 saturated heterocycles. The summed E-state index contributed by atoms with van der Waals surface area (Å²) in [5.74, 6) is 0.736. The van der Waals surface area contributed by atoms with Crippen LogP contribution in [0.3, 0.4) is 0 Å². The number of thiophene rings is 1. The zero-order valence-corrected chi connectivity index (χ0v) is 18.4. The number of benzene rings is 2. The van der Waals surface area contributed by atoms with E-state index < -0.39 is 0 Å². The second-order valence-electron chi connectivity index (χ2n) is 8.18. The average Bonchev–Trinajstić information content (AvgIpc) is 2.95. The lowest BCUT2D eigenvalue weighted by atomic mass is 10.0. The van der Waals surface area contributed by atoms with Gasteiger partial charge in [-0.05, 0) is 48.1 Å². The molecule has 1 amide bonds. The number of nitrogens with one attached hydrogen (secondary N) is 1. The van der Waals surface area contributed by atoms with E-state index in [-0.39, 0.29) is 11.5 Å². The SMILES string of the molecule is Cc1c(C(=O)NCCc2cccc3ccccc23)sc2nc3n(c(=O)c12)CCCCC3. The molecule has 0 saturated carbocycles. The minimum absolute atomic E-state index is 0.00505. The molecule has 0 aliphatic carbocycles. The van der Waals surface area contributed by atoms with Crippen LogP contribution in [0.15, 0.2) is 47.3 Å². The first-order valence-corrected chi connectivity index (χ1v) is 11.7. The highest BCUT2D eigenvalue weighted by atomic mass is 32.1. The summed E-state index contributed by atoms with van der Waals surface area (Å²) < 4.78 is 1.82. The van der Waals surface area contributed by atoms with Crippen LogP contribution in [-0.4, -0.2) is 22.0 Å². The van der Waals surface area contributed by atoms with Crippen LogP contribution in [-0.2, 0) is 19.4 Å². The van der Waals surface area contributed by atoms with Gasteiger partial charge in [-0.1, -0.05) is 48.9 Å². The topological polar surface area (TPSA) is 64.0 Å². The molecule has 3 heterocycles. The fraction of sp³-hybridized carbons (Fsp3) is 0.320. The van der Waals surface area contributed by atoms with Crippen LogP contribution >= 0.6 is 11.3 Å². The van der Waals surface area contributed by atoms with Gasteiger partial charge in [-0.15, -0.1) is 11.3 Å². The summed E-state index contributed by atoms with van der Waals surface area (Å²) in [5.41, 5.74) is 1.97. The number of hydrogen-bond donors (Lipinski definition) is 1. The summed E-state index contributed by atoms with van der Waals surface area (Å²) in [6.45, 7) is 3.13. The van der Waals surface area contributed by atoms with Crippen molar-refractivity contribution in [2.75, 3.05) is 6.54 Å². The van der Waals surface area contributed by atoms with Gasteiger partial charge in [0.15, 0.2) is 0 Å². The summed E-state index contributed by atoms with van der Waals surface area (Å²) >= 11 is 1.34. The summed E-state index contributed by atoms with van der Waals surface area (Å²) in [5, 5.41) is 6.08. The van der Waals surface area contributed by atoms with E-state index in [2.05, 4.69) is 35.6 Å². The predicted molar refractivity (Wildman–Crippen MR) is 126 cm³/mol. The van der Waals surface area contributed by atoms with Crippen LogP contribution in [0.5, 0.6) is 0 Å². The van der Waals surface area contributed by atoms with Crippen molar-refractivity contribution in [1.29, 1.82) is 0 Å². The Labute approximate surface area is 184 Å². The van der Waals surface area contributed by atoms with Gasteiger partial charge >= 0.3 is 0 Å².